The van der Waals surface area contributed by atoms with Crippen molar-refractivity contribution >= 4 is 0 Å². The van der Waals surface area contributed by atoms with Crippen LogP contribution >= 0.6 is 0 Å². The Balaban J connectivity index is 2.07. The lowest BCUT2D eigenvalue weighted by Crippen LogP contribution is -2.29. The zero-order valence-corrected chi connectivity index (χ0v) is 11.6. The number of nitrogens with one attached hydrogen (secondary N) is 1. The van der Waals surface area contributed by atoms with Gasteiger partial charge < -0.3 is 14.8 Å². The minimum atomic E-state index is -0.298. The maximum atomic E-state index is 13.9. The minimum Gasteiger partial charge on any atom is -0.485 e. The second-order valence-electron chi connectivity index (χ2n) is 5.22. The molecule has 2 rings (SSSR count). The molecule has 0 aliphatic carbocycles. The average molecular weight is 267 g/mol. The third-order valence-corrected chi connectivity index (χ3v) is 3.15. The van der Waals surface area contributed by atoms with Crippen LogP contribution in [0, 0.1) is 5.82 Å². The first-order valence-electron chi connectivity index (χ1n) is 6.92. The molecule has 0 amide bonds. The lowest BCUT2D eigenvalue weighted by atomic mass is 10.1. The summed E-state index contributed by atoms with van der Waals surface area (Å²) in [6.45, 7) is 6.06. The van der Waals surface area contributed by atoms with Crippen LogP contribution in [0.25, 0.3) is 0 Å². The van der Waals surface area contributed by atoms with Gasteiger partial charge in [-0.3, -0.25) is 0 Å². The molecule has 1 saturated heterocycles. The summed E-state index contributed by atoms with van der Waals surface area (Å²) < 4.78 is 25.1. The highest BCUT2D eigenvalue weighted by molar-refractivity contribution is 5.35. The van der Waals surface area contributed by atoms with Crippen LogP contribution in [0.1, 0.15) is 32.3 Å². The summed E-state index contributed by atoms with van der Waals surface area (Å²) >= 11 is 0. The first kappa shape index (κ1) is 14.3. The summed E-state index contributed by atoms with van der Waals surface area (Å²) in [6, 6.07) is 5.42. The lowest BCUT2D eigenvalue weighted by Gasteiger charge is -2.25. The molecule has 1 aromatic carbocycles. The molecule has 1 fully saturated rings. The van der Waals surface area contributed by atoms with E-state index in [0.717, 1.165) is 25.0 Å². The topological polar surface area (TPSA) is 30.5 Å². The molecular weight excluding hydrogens is 245 g/mol. The fourth-order valence-corrected chi connectivity index (χ4v) is 2.11. The largest absolute Gasteiger partial charge is 0.485 e. The Morgan fingerprint density at radius 2 is 2.32 bits per heavy atom. The Bertz CT molecular complexity index is 403. The highest BCUT2D eigenvalue weighted by Crippen LogP contribution is 2.25. The van der Waals surface area contributed by atoms with Crippen molar-refractivity contribution in [3.8, 4) is 5.75 Å². The molecule has 19 heavy (non-hydrogen) atoms. The number of hydrogen-bond donors (Lipinski definition) is 1. The van der Waals surface area contributed by atoms with Crippen LogP contribution in [-0.4, -0.2) is 25.4 Å². The van der Waals surface area contributed by atoms with Crippen molar-refractivity contribution in [3.63, 3.8) is 0 Å². The second-order valence-corrected chi connectivity index (χ2v) is 5.22. The Labute approximate surface area is 114 Å². The molecule has 0 aromatic heterocycles. The van der Waals surface area contributed by atoms with Gasteiger partial charge in [0.1, 0.15) is 6.10 Å². The molecule has 1 atom stereocenters. The van der Waals surface area contributed by atoms with Gasteiger partial charge in [0.15, 0.2) is 11.6 Å². The van der Waals surface area contributed by atoms with Gasteiger partial charge in [-0.2, -0.15) is 0 Å². The van der Waals surface area contributed by atoms with E-state index in [1.165, 1.54) is 6.07 Å². The van der Waals surface area contributed by atoms with Crippen molar-refractivity contribution in [2.45, 2.75) is 45.4 Å². The van der Waals surface area contributed by atoms with Crippen LogP contribution in [-0.2, 0) is 11.3 Å². The first-order valence-corrected chi connectivity index (χ1v) is 6.92. The predicted molar refractivity (Wildman–Crippen MR) is 72.8 cm³/mol. The van der Waals surface area contributed by atoms with Gasteiger partial charge in [-0.05, 0) is 18.9 Å². The molecule has 4 heteroatoms. The molecule has 1 aliphatic rings. The van der Waals surface area contributed by atoms with Gasteiger partial charge >= 0.3 is 0 Å². The summed E-state index contributed by atoms with van der Waals surface area (Å²) in [5.74, 6) is 0.0692. The molecule has 1 N–H and O–H groups in total. The van der Waals surface area contributed by atoms with Gasteiger partial charge in [0.05, 0.1) is 6.61 Å². The Morgan fingerprint density at radius 3 is 3.00 bits per heavy atom. The van der Waals surface area contributed by atoms with Gasteiger partial charge in [0.2, 0.25) is 0 Å². The molecule has 1 unspecified atom stereocenters. The molecule has 0 bridgehead atoms. The molecule has 0 saturated carbocycles. The van der Waals surface area contributed by atoms with E-state index in [0.29, 0.717) is 24.9 Å². The molecule has 3 nitrogen and oxygen atoms in total. The van der Waals surface area contributed by atoms with Crippen molar-refractivity contribution in [2.75, 3.05) is 13.2 Å². The smallest absolute Gasteiger partial charge is 0.165 e. The van der Waals surface area contributed by atoms with Crippen LogP contribution in [0.3, 0.4) is 0 Å². The van der Waals surface area contributed by atoms with E-state index in [9.17, 15) is 4.39 Å². The van der Waals surface area contributed by atoms with Crippen LogP contribution in [0.4, 0.5) is 4.39 Å². The Hall–Kier alpha value is -1.13. The van der Waals surface area contributed by atoms with E-state index in [2.05, 4.69) is 19.2 Å². The van der Waals surface area contributed by atoms with E-state index in [-0.39, 0.29) is 11.9 Å². The summed E-state index contributed by atoms with van der Waals surface area (Å²) in [5, 5.41) is 3.29. The maximum Gasteiger partial charge on any atom is 0.165 e. The highest BCUT2D eigenvalue weighted by Gasteiger charge is 2.19. The monoisotopic (exact) mass is 267 g/mol. The van der Waals surface area contributed by atoms with E-state index in [1.807, 2.05) is 6.07 Å². The molecular formula is C15H22FNO2. The molecule has 106 valence electrons. The predicted octanol–water partition coefficient (Wildman–Crippen LogP) is 2.88. The molecule has 1 aromatic rings. The summed E-state index contributed by atoms with van der Waals surface area (Å²) in [5.41, 5.74) is 0.860. The average Bonchev–Trinajstić information content (AvgIpc) is 2.40. The zero-order chi connectivity index (χ0) is 13.7. The van der Waals surface area contributed by atoms with Gasteiger partial charge in [-0.15, -0.1) is 0 Å². The molecule has 0 radical (unpaired) electrons. The summed E-state index contributed by atoms with van der Waals surface area (Å²) in [6.07, 6.45) is 1.85. The Morgan fingerprint density at radius 1 is 1.47 bits per heavy atom. The van der Waals surface area contributed by atoms with Gasteiger partial charge in [0, 0.05) is 24.8 Å². The first-order chi connectivity index (χ1) is 9.16. The number of para-hydroxylation sites is 1. The normalized spacial score (nSPS) is 19.7. The highest BCUT2D eigenvalue weighted by atomic mass is 19.1. The van der Waals surface area contributed by atoms with Crippen LogP contribution < -0.4 is 10.1 Å². The SMILES string of the molecule is CC(C)NCc1cccc(F)c1OC1CCCOC1. The number of hydrogen-bond acceptors (Lipinski definition) is 3. The number of ether oxygens (including phenoxy) is 2. The minimum absolute atomic E-state index is 0.0385. The van der Waals surface area contributed by atoms with E-state index in [1.54, 1.807) is 6.07 Å². The van der Waals surface area contributed by atoms with E-state index < -0.39 is 0 Å². The fourth-order valence-electron chi connectivity index (χ4n) is 2.11. The van der Waals surface area contributed by atoms with Crippen LogP contribution in [0.15, 0.2) is 18.2 Å². The summed E-state index contributed by atoms with van der Waals surface area (Å²) in [7, 11) is 0. The van der Waals surface area contributed by atoms with Crippen molar-refractivity contribution < 1.29 is 13.9 Å². The third kappa shape index (κ3) is 4.18. The van der Waals surface area contributed by atoms with E-state index >= 15 is 0 Å². The molecule has 0 spiro atoms. The van der Waals surface area contributed by atoms with Crippen molar-refractivity contribution in [3.05, 3.63) is 29.6 Å². The molecule has 1 aliphatic heterocycles. The van der Waals surface area contributed by atoms with Crippen molar-refractivity contribution in [2.24, 2.45) is 0 Å². The van der Waals surface area contributed by atoms with Crippen molar-refractivity contribution in [1.82, 2.24) is 5.32 Å². The maximum absolute atomic E-state index is 13.9. The fraction of sp³-hybridized carbons (Fsp3) is 0.600. The standard InChI is InChI=1S/C15H22FNO2/c1-11(2)17-9-12-5-3-7-14(16)15(12)19-13-6-4-8-18-10-13/h3,5,7,11,13,17H,4,6,8-10H2,1-2H3. The lowest BCUT2D eigenvalue weighted by molar-refractivity contribution is 0.00541. The Kier molecular flexibility index (Phi) is 5.16. The van der Waals surface area contributed by atoms with E-state index in [4.69, 9.17) is 9.47 Å². The van der Waals surface area contributed by atoms with Gasteiger partial charge in [0.25, 0.3) is 0 Å². The number of rotatable bonds is 5. The van der Waals surface area contributed by atoms with Gasteiger partial charge in [-0.25, -0.2) is 4.39 Å². The quantitative estimate of drug-likeness (QED) is 0.890. The summed E-state index contributed by atoms with van der Waals surface area (Å²) in [4.78, 5) is 0. The second kappa shape index (κ2) is 6.87. The van der Waals surface area contributed by atoms with Crippen LogP contribution in [0.2, 0.25) is 0 Å². The third-order valence-electron chi connectivity index (χ3n) is 3.15. The number of halogens is 1. The number of benzene rings is 1. The van der Waals surface area contributed by atoms with Gasteiger partial charge in [-0.1, -0.05) is 26.0 Å². The molecule has 1 heterocycles. The van der Waals surface area contributed by atoms with Crippen molar-refractivity contribution in [1.29, 1.82) is 0 Å². The zero-order valence-electron chi connectivity index (χ0n) is 11.6. The van der Waals surface area contributed by atoms with Crippen LogP contribution in [0.5, 0.6) is 5.75 Å².